The Morgan fingerprint density at radius 1 is 1.17 bits per heavy atom. The van der Waals surface area contributed by atoms with Gasteiger partial charge in [-0.3, -0.25) is 9.59 Å². The third kappa shape index (κ3) is 6.69. The van der Waals surface area contributed by atoms with Crippen molar-refractivity contribution in [2.45, 2.75) is 45.7 Å². The number of carbonyl (C=O) groups is 2. The number of halogens is 1. The molecule has 2 aliphatic heterocycles. The van der Waals surface area contributed by atoms with Crippen molar-refractivity contribution in [1.82, 2.24) is 20.4 Å². The van der Waals surface area contributed by atoms with E-state index in [0.29, 0.717) is 25.9 Å². The molecule has 0 bridgehead atoms. The van der Waals surface area contributed by atoms with Crippen LogP contribution in [-0.4, -0.2) is 66.9 Å². The molecule has 7 heteroatoms. The highest BCUT2D eigenvalue weighted by molar-refractivity contribution is 5.88. The average molecular weight is 423 g/mol. The van der Waals surface area contributed by atoms with E-state index in [0.717, 1.165) is 44.7 Å². The van der Waals surface area contributed by atoms with Gasteiger partial charge in [-0.05, 0) is 30.0 Å². The van der Waals surface area contributed by atoms with Gasteiger partial charge >= 0.3 is 0 Å². The summed E-state index contributed by atoms with van der Waals surface area (Å²) in [7, 11) is 0. The van der Waals surface area contributed by atoms with E-state index in [1.165, 1.54) is 5.56 Å². The predicted octanol–water partition coefficient (Wildman–Crippen LogP) is 1.82. The molecule has 1 unspecified atom stereocenters. The van der Waals surface area contributed by atoms with Crippen molar-refractivity contribution >= 4 is 24.2 Å². The van der Waals surface area contributed by atoms with Gasteiger partial charge in [-0.25, -0.2) is 0 Å². The lowest BCUT2D eigenvalue weighted by Crippen LogP contribution is -2.53. The first-order chi connectivity index (χ1) is 13.5. The third-order valence-corrected chi connectivity index (χ3v) is 5.61. The molecule has 162 valence electrons. The molecule has 0 aromatic heterocycles. The fourth-order valence-corrected chi connectivity index (χ4v) is 4.05. The Balaban J connectivity index is 0.00000300. The Kier molecular flexibility index (Phi) is 9.40. The van der Waals surface area contributed by atoms with Gasteiger partial charge in [0.15, 0.2) is 0 Å². The van der Waals surface area contributed by atoms with Crippen molar-refractivity contribution in [3.8, 4) is 0 Å². The van der Waals surface area contributed by atoms with Crippen LogP contribution in [0.1, 0.15) is 37.8 Å². The van der Waals surface area contributed by atoms with Gasteiger partial charge in [0.05, 0.1) is 0 Å². The summed E-state index contributed by atoms with van der Waals surface area (Å²) < 4.78 is 0. The number of hydrogen-bond donors (Lipinski definition) is 2. The van der Waals surface area contributed by atoms with Gasteiger partial charge in [-0.2, -0.15) is 0 Å². The third-order valence-electron chi connectivity index (χ3n) is 5.61. The van der Waals surface area contributed by atoms with Gasteiger partial charge in [0.2, 0.25) is 11.8 Å². The maximum absolute atomic E-state index is 12.9. The number of nitrogens with one attached hydrogen (secondary N) is 2. The summed E-state index contributed by atoms with van der Waals surface area (Å²) in [6.07, 6.45) is 2.02. The number of carbonyl (C=O) groups excluding carboxylic acids is 2. The normalized spacial score (nSPS) is 19.4. The van der Waals surface area contributed by atoms with Crippen LogP contribution in [0.25, 0.3) is 0 Å². The molecule has 2 aliphatic rings. The second-order valence-corrected chi connectivity index (χ2v) is 8.34. The second-order valence-electron chi connectivity index (χ2n) is 8.34. The molecule has 1 fully saturated rings. The zero-order chi connectivity index (χ0) is 19.9. The van der Waals surface area contributed by atoms with Crippen LogP contribution in [0.5, 0.6) is 0 Å². The van der Waals surface area contributed by atoms with E-state index < -0.39 is 6.04 Å². The van der Waals surface area contributed by atoms with E-state index in [1.54, 1.807) is 4.90 Å². The number of hydrogen-bond acceptors (Lipinski definition) is 4. The number of amides is 2. The van der Waals surface area contributed by atoms with E-state index in [2.05, 4.69) is 27.7 Å². The number of piperazine rings is 1. The summed E-state index contributed by atoms with van der Waals surface area (Å²) in [4.78, 5) is 29.9. The number of rotatable bonds is 7. The molecule has 2 heterocycles. The number of benzene rings is 1. The van der Waals surface area contributed by atoms with Crippen LogP contribution >= 0.6 is 12.4 Å². The van der Waals surface area contributed by atoms with Crippen molar-refractivity contribution in [3.63, 3.8) is 0 Å². The molecule has 1 aromatic carbocycles. The largest absolute Gasteiger partial charge is 0.354 e. The molecule has 1 saturated heterocycles. The van der Waals surface area contributed by atoms with Gasteiger partial charge in [-0.15, -0.1) is 12.4 Å². The highest BCUT2D eigenvalue weighted by Gasteiger charge is 2.34. The van der Waals surface area contributed by atoms with Crippen molar-refractivity contribution in [2.24, 2.45) is 5.92 Å². The smallest absolute Gasteiger partial charge is 0.243 e. The van der Waals surface area contributed by atoms with Crippen LogP contribution in [0.3, 0.4) is 0 Å². The standard InChI is InChI=1S/C22H34N4O2.ClH/c1-17(2)14-21(27)26-16-19-7-4-3-6-18(19)15-20(26)22(28)24-8-5-11-25-12-9-23-10-13-25;/h3-4,6-7,17,20,23H,5,8-16H2,1-2H3,(H,24,28);1H. The molecule has 0 saturated carbocycles. The van der Waals surface area contributed by atoms with E-state index >= 15 is 0 Å². The maximum atomic E-state index is 12.9. The van der Waals surface area contributed by atoms with Crippen molar-refractivity contribution in [3.05, 3.63) is 35.4 Å². The van der Waals surface area contributed by atoms with Gasteiger partial charge in [0.1, 0.15) is 6.04 Å². The van der Waals surface area contributed by atoms with Crippen molar-refractivity contribution in [2.75, 3.05) is 39.3 Å². The van der Waals surface area contributed by atoms with Crippen molar-refractivity contribution in [1.29, 1.82) is 0 Å². The lowest BCUT2D eigenvalue weighted by Gasteiger charge is -2.36. The summed E-state index contributed by atoms with van der Waals surface area (Å²) in [6, 6.07) is 7.74. The zero-order valence-corrected chi connectivity index (χ0v) is 18.5. The van der Waals surface area contributed by atoms with E-state index in [9.17, 15) is 9.59 Å². The minimum atomic E-state index is -0.402. The highest BCUT2D eigenvalue weighted by atomic mass is 35.5. The van der Waals surface area contributed by atoms with Crippen LogP contribution in [0.15, 0.2) is 24.3 Å². The first kappa shape index (κ1) is 23.6. The number of fused-ring (bicyclic) bond motifs is 1. The minimum Gasteiger partial charge on any atom is -0.354 e. The molecule has 3 rings (SSSR count). The van der Waals surface area contributed by atoms with E-state index in [1.807, 2.05) is 26.0 Å². The topological polar surface area (TPSA) is 64.7 Å². The fraction of sp³-hybridized carbons (Fsp3) is 0.636. The minimum absolute atomic E-state index is 0. The second kappa shape index (κ2) is 11.5. The Hall–Kier alpha value is -1.63. The summed E-state index contributed by atoms with van der Waals surface area (Å²) in [5, 5.41) is 6.44. The van der Waals surface area contributed by atoms with Crippen LogP contribution in [0, 0.1) is 5.92 Å². The summed E-state index contributed by atoms with van der Waals surface area (Å²) >= 11 is 0. The Labute approximate surface area is 180 Å². The van der Waals surface area contributed by atoms with Crippen LogP contribution in [-0.2, 0) is 22.6 Å². The molecule has 2 N–H and O–H groups in total. The molecule has 2 amide bonds. The van der Waals surface area contributed by atoms with Gasteiger partial charge in [-0.1, -0.05) is 38.1 Å². The van der Waals surface area contributed by atoms with Gasteiger partial charge in [0.25, 0.3) is 0 Å². The molecule has 0 radical (unpaired) electrons. The Bertz CT molecular complexity index is 677. The van der Waals surface area contributed by atoms with Crippen LogP contribution in [0.2, 0.25) is 0 Å². The molecule has 0 spiro atoms. The van der Waals surface area contributed by atoms with Gasteiger partial charge < -0.3 is 20.4 Å². The molecule has 0 aliphatic carbocycles. The number of nitrogens with zero attached hydrogens (tertiary/aromatic N) is 2. The van der Waals surface area contributed by atoms with Crippen molar-refractivity contribution < 1.29 is 9.59 Å². The quantitative estimate of drug-likeness (QED) is 0.658. The van der Waals surface area contributed by atoms with E-state index in [-0.39, 0.29) is 30.1 Å². The first-order valence-corrected chi connectivity index (χ1v) is 10.6. The SMILES string of the molecule is CC(C)CC(=O)N1Cc2ccccc2CC1C(=O)NCCCN1CCNCC1.Cl. The molecule has 6 nitrogen and oxygen atoms in total. The molecular formula is C22H35ClN4O2. The van der Waals surface area contributed by atoms with Gasteiger partial charge in [0, 0.05) is 52.1 Å². The lowest BCUT2D eigenvalue weighted by atomic mass is 9.92. The highest BCUT2D eigenvalue weighted by Crippen LogP contribution is 2.25. The first-order valence-electron chi connectivity index (χ1n) is 10.6. The summed E-state index contributed by atoms with van der Waals surface area (Å²) in [5.41, 5.74) is 2.33. The monoisotopic (exact) mass is 422 g/mol. The lowest BCUT2D eigenvalue weighted by molar-refractivity contribution is -0.142. The molecule has 1 aromatic rings. The summed E-state index contributed by atoms with van der Waals surface area (Å²) in [6.45, 7) is 10.5. The van der Waals surface area contributed by atoms with Crippen LogP contribution in [0.4, 0.5) is 0 Å². The fourth-order valence-electron chi connectivity index (χ4n) is 4.05. The van der Waals surface area contributed by atoms with E-state index in [4.69, 9.17) is 0 Å². The summed E-state index contributed by atoms with van der Waals surface area (Å²) in [5.74, 6) is 0.338. The molecule has 1 atom stereocenters. The zero-order valence-electron chi connectivity index (χ0n) is 17.7. The average Bonchev–Trinajstić information content (AvgIpc) is 2.70. The van der Waals surface area contributed by atoms with Crippen LogP contribution < -0.4 is 10.6 Å². The molecule has 29 heavy (non-hydrogen) atoms. The Morgan fingerprint density at radius 2 is 1.86 bits per heavy atom. The Morgan fingerprint density at radius 3 is 2.55 bits per heavy atom. The molecular weight excluding hydrogens is 388 g/mol. The predicted molar refractivity (Wildman–Crippen MR) is 118 cm³/mol. The maximum Gasteiger partial charge on any atom is 0.243 e.